The van der Waals surface area contributed by atoms with Gasteiger partial charge in [0.2, 0.25) is 5.91 Å². The number of amides is 1. The van der Waals surface area contributed by atoms with Crippen LogP contribution in [0.15, 0.2) is 60.8 Å². The van der Waals surface area contributed by atoms with Gasteiger partial charge in [-0.05, 0) is 35.2 Å². The van der Waals surface area contributed by atoms with Crippen molar-refractivity contribution in [1.82, 2.24) is 9.88 Å². The Morgan fingerprint density at radius 1 is 1.04 bits per heavy atom. The number of esters is 1. The number of carbonyl (C=O) groups is 2. The average Bonchev–Trinajstić information content (AvgIpc) is 3.07. The summed E-state index contributed by atoms with van der Waals surface area (Å²) in [5, 5.41) is 4.08. The molecule has 0 aliphatic heterocycles. The van der Waals surface area contributed by atoms with E-state index in [1.54, 1.807) is 12.1 Å². The summed E-state index contributed by atoms with van der Waals surface area (Å²) in [5.41, 5.74) is 2.57. The highest BCUT2D eigenvalue weighted by Crippen LogP contribution is 2.15. The molecule has 0 saturated carbocycles. The highest BCUT2D eigenvalue weighted by atomic mass is 16.5. The third-order valence-corrected chi connectivity index (χ3v) is 4.12. The van der Waals surface area contributed by atoms with Gasteiger partial charge in [-0.3, -0.25) is 4.79 Å². The number of methoxy groups -OCH3 is 1. The second-order valence-electron chi connectivity index (χ2n) is 5.78. The van der Waals surface area contributed by atoms with Crippen LogP contribution in [0.1, 0.15) is 22.3 Å². The zero-order valence-corrected chi connectivity index (χ0v) is 14.1. The Labute approximate surface area is 146 Å². The van der Waals surface area contributed by atoms with Crippen LogP contribution in [0.4, 0.5) is 0 Å². The van der Waals surface area contributed by atoms with Crippen molar-refractivity contribution < 1.29 is 14.3 Å². The summed E-state index contributed by atoms with van der Waals surface area (Å²) >= 11 is 0. The van der Waals surface area contributed by atoms with Gasteiger partial charge in [0.1, 0.15) is 0 Å². The van der Waals surface area contributed by atoms with Crippen molar-refractivity contribution in [3.63, 3.8) is 0 Å². The lowest BCUT2D eigenvalue weighted by Crippen LogP contribution is -2.23. The maximum Gasteiger partial charge on any atom is 0.337 e. The first-order valence-electron chi connectivity index (χ1n) is 8.15. The van der Waals surface area contributed by atoms with Gasteiger partial charge in [-0.2, -0.15) is 0 Å². The molecule has 0 aliphatic rings. The molecule has 2 aromatic carbocycles. The monoisotopic (exact) mass is 336 g/mol. The first-order chi connectivity index (χ1) is 12.2. The summed E-state index contributed by atoms with van der Waals surface area (Å²) < 4.78 is 6.74. The molecule has 128 valence electrons. The van der Waals surface area contributed by atoms with E-state index in [-0.39, 0.29) is 11.9 Å². The molecule has 5 nitrogen and oxygen atoms in total. The van der Waals surface area contributed by atoms with Crippen LogP contribution in [0.3, 0.4) is 0 Å². The van der Waals surface area contributed by atoms with Crippen LogP contribution in [0, 0.1) is 0 Å². The van der Waals surface area contributed by atoms with Crippen LogP contribution >= 0.6 is 0 Å². The Kier molecular flexibility index (Phi) is 5.14. The molecule has 0 spiro atoms. The van der Waals surface area contributed by atoms with E-state index >= 15 is 0 Å². The minimum Gasteiger partial charge on any atom is -0.465 e. The van der Waals surface area contributed by atoms with E-state index in [9.17, 15) is 9.59 Å². The van der Waals surface area contributed by atoms with Gasteiger partial charge in [0.15, 0.2) is 0 Å². The highest BCUT2D eigenvalue weighted by molar-refractivity contribution is 5.89. The van der Waals surface area contributed by atoms with Gasteiger partial charge in [0.25, 0.3) is 0 Å². The minimum atomic E-state index is -0.366. The molecule has 1 N–H and O–H groups in total. The maximum atomic E-state index is 12.1. The SMILES string of the molecule is COC(=O)c1ccc(CNC(=O)CCn2ccc3ccccc32)cc1. The summed E-state index contributed by atoms with van der Waals surface area (Å²) in [7, 11) is 1.35. The van der Waals surface area contributed by atoms with Crippen LogP contribution in [0.25, 0.3) is 10.9 Å². The quantitative estimate of drug-likeness (QED) is 0.704. The molecule has 0 aliphatic carbocycles. The highest BCUT2D eigenvalue weighted by Gasteiger charge is 2.06. The van der Waals surface area contributed by atoms with E-state index in [1.807, 2.05) is 30.5 Å². The van der Waals surface area contributed by atoms with Crippen LogP contribution in [0.5, 0.6) is 0 Å². The summed E-state index contributed by atoms with van der Waals surface area (Å²) in [6.45, 7) is 1.08. The zero-order valence-electron chi connectivity index (χ0n) is 14.1. The molecule has 3 aromatic rings. The molecule has 3 rings (SSSR count). The fraction of sp³-hybridized carbons (Fsp3) is 0.200. The number of ether oxygens (including phenoxy) is 1. The first kappa shape index (κ1) is 16.8. The Morgan fingerprint density at radius 2 is 1.80 bits per heavy atom. The average molecular weight is 336 g/mol. The van der Waals surface area contributed by atoms with Crippen molar-refractivity contribution in [2.24, 2.45) is 0 Å². The number of rotatable bonds is 6. The molecule has 0 fully saturated rings. The van der Waals surface area contributed by atoms with Gasteiger partial charge in [-0.25, -0.2) is 4.79 Å². The van der Waals surface area contributed by atoms with Gasteiger partial charge in [0.05, 0.1) is 12.7 Å². The summed E-state index contributed by atoms with van der Waals surface area (Å²) in [5.74, 6) is -0.371. The number of carbonyl (C=O) groups excluding carboxylic acids is 2. The lowest BCUT2D eigenvalue weighted by molar-refractivity contribution is -0.121. The Balaban J connectivity index is 1.50. The summed E-state index contributed by atoms with van der Waals surface area (Å²) in [6.07, 6.45) is 2.42. The second kappa shape index (κ2) is 7.66. The van der Waals surface area contributed by atoms with Crippen molar-refractivity contribution in [1.29, 1.82) is 0 Å². The van der Waals surface area contributed by atoms with E-state index < -0.39 is 0 Å². The number of nitrogens with zero attached hydrogens (tertiary/aromatic N) is 1. The van der Waals surface area contributed by atoms with E-state index in [0.717, 1.165) is 11.1 Å². The number of para-hydroxylation sites is 1. The molecule has 0 atom stereocenters. The second-order valence-corrected chi connectivity index (χ2v) is 5.78. The third kappa shape index (κ3) is 4.07. The molecule has 25 heavy (non-hydrogen) atoms. The van der Waals surface area contributed by atoms with E-state index in [0.29, 0.717) is 25.1 Å². The number of hydrogen-bond acceptors (Lipinski definition) is 3. The topological polar surface area (TPSA) is 60.3 Å². The number of fused-ring (bicyclic) bond motifs is 1. The van der Waals surface area contributed by atoms with Crippen molar-refractivity contribution in [2.45, 2.75) is 19.5 Å². The van der Waals surface area contributed by atoms with E-state index in [2.05, 4.69) is 32.8 Å². The van der Waals surface area contributed by atoms with Crippen molar-refractivity contribution >= 4 is 22.8 Å². The largest absolute Gasteiger partial charge is 0.465 e. The van der Waals surface area contributed by atoms with Crippen molar-refractivity contribution in [3.8, 4) is 0 Å². The normalized spacial score (nSPS) is 10.6. The molecule has 5 heteroatoms. The predicted molar refractivity (Wildman–Crippen MR) is 96.2 cm³/mol. The molecule has 0 unspecified atom stereocenters. The summed E-state index contributed by atoms with van der Waals surface area (Å²) in [4.78, 5) is 23.5. The molecular formula is C20H20N2O3. The third-order valence-electron chi connectivity index (χ3n) is 4.12. The van der Waals surface area contributed by atoms with Gasteiger partial charge in [-0.1, -0.05) is 30.3 Å². The predicted octanol–water partition coefficient (Wildman–Crippen LogP) is 3.13. The molecule has 1 aromatic heterocycles. The Bertz CT molecular complexity index is 881. The molecule has 0 bridgehead atoms. The fourth-order valence-electron chi connectivity index (χ4n) is 2.72. The Morgan fingerprint density at radius 3 is 2.56 bits per heavy atom. The Hall–Kier alpha value is -3.08. The van der Waals surface area contributed by atoms with Crippen LogP contribution < -0.4 is 5.32 Å². The summed E-state index contributed by atoms with van der Waals surface area (Å²) in [6, 6.07) is 17.2. The van der Waals surface area contributed by atoms with Crippen LogP contribution in [-0.2, 0) is 22.6 Å². The molecule has 1 heterocycles. The fourth-order valence-corrected chi connectivity index (χ4v) is 2.72. The first-order valence-corrected chi connectivity index (χ1v) is 8.15. The van der Waals surface area contributed by atoms with Gasteiger partial charge >= 0.3 is 5.97 Å². The lowest BCUT2D eigenvalue weighted by Gasteiger charge is -2.08. The number of aromatic nitrogens is 1. The molecule has 1 amide bonds. The standard InChI is InChI=1S/C20H20N2O3/c1-25-20(24)17-8-6-15(7-9-17)14-21-19(23)11-13-22-12-10-16-4-2-3-5-18(16)22/h2-10,12H,11,13-14H2,1H3,(H,21,23). The minimum absolute atomic E-state index is 0.00479. The number of benzene rings is 2. The smallest absolute Gasteiger partial charge is 0.337 e. The van der Waals surface area contributed by atoms with Crippen LogP contribution in [-0.4, -0.2) is 23.6 Å². The van der Waals surface area contributed by atoms with Gasteiger partial charge < -0.3 is 14.6 Å². The van der Waals surface area contributed by atoms with Crippen molar-refractivity contribution in [3.05, 3.63) is 71.9 Å². The maximum absolute atomic E-state index is 12.1. The number of aryl methyl sites for hydroxylation is 1. The molecule has 0 saturated heterocycles. The zero-order chi connectivity index (χ0) is 17.6. The van der Waals surface area contributed by atoms with E-state index in [1.165, 1.54) is 12.5 Å². The van der Waals surface area contributed by atoms with Gasteiger partial charge in [-0.15, -0.1) is 0 Å². The van der Waals surface area contributed by atoms with E-state index in [4.69, 9.17) is 0 Å². The molecule has 0 radical (unpaired) electrons. The number of hydrogen-bond donors (Lipinski definition) is 1. The molecular weight excluding hydrogens is 316 g/mol. The lowest BCUT2D eigenvalue weighted by atomic mass is 10.1. The number of nitrogens with one attached hydrogen (secondary N) is 1. The van der Waals surface area contributed by atoms with Crippen molar-refractivity contribution in [2.75, 3.05) is 7.11 Å². The van der Waals surface area contributed by atoms with Gasteiger partial charge in [0, 0.05) is 31.2 Å². The van der Waals surface area contributed by atoms with Crippen LogP contribution in [0.2, 0.25) is 0 Å².